The summed E-state index contributed by atoms with van der Waals surface area (Å²) in [5, 5.41) is 6.74. The standard InChI is InChI=1S/C9H14N4/c1-7-2-3-9(12-7)13-8-4-5-10-6-11-8/h4-7,9,12H,2-3H2,1H3,(H,10,11,13). The highest BCUT2D eigenvalue weighted by Gasteiger charge is 2.19. The van der Waals surface area contributed by atoms with Crippen LogP contribution >= 0.6 is 0 Å². The Kier molecular flexibility index (Phi) is 2.40. The van der Waals surface area contributed by atoms with Gasteiger partial charge in [-0.25, -0.2) is 9.97 Å². The Bertz CT molecular complexity index is 262. The number of nitrogens with zero attached hydrogens (tertiary/aromatic N) is 2. The minimum absolute atomic E-state index is 0.366. The number of hydrogen-bond acceptors (Lipinski definition) is 4. The van der Waals surface area contributed by atoms with E-state index < -0.39 is 0 Å². The summed E-state index contributed by atoms with van der Waals surface area (Å²) in [4.78, 5) is 7.97. The monoisotopic (exact) mass is 178 g/mol. The zero-order valence-electron chi connectivity index (χ0n) is 7.70. The molecule has 0 saturated carbocycles. The Labute approximate surface area is 77.8 Å². The minimum atomic E-state index is 0.366. The fraction of sp³-hybridized carbons (Fsp3) is 0.556. The van der Waals surface area contributed by atoms with Gasteiger partial charge in [-0.15, -0.1) is 0 Å². The third-order valence-electron chi connectivity index (χ3n) is 2.28. The van der Waals surface area contributed by atoms with Crippen molar-refractivity contribution in [3.8, 4) is 0 Å². The first-order valence-corrected chi connectivity index (χ1v) is 4.63. The van der Waals surface area contributed by atoms with Gasteiger partial charge in [0.05, 0.1) is 6.17 Å². The number of rotatable bonds is 2. The smallest absolute Gasteiger partial charge is 0.130 e. The molecule has 1 aromatic heterocycles. The lowest BCUT2D eigenvalue weighted by molar-refractivity contribution is 0.603. The molecule has 13 heavy (non-hydrogen) atoms. The lowest BCUT2D eigenvalue weighted by Gasteiger charge is -2.13. The largest absolute Gasteiger partial charge is 0.355 e. The van der Waals surface area contributed by atoms with Crippen LogP contribution in [0.25, 0.3) is 0 Å². The molecule has 0 aliphatic carbocycles. The molecular weight excluding hydrogens is 164 g/mol. The van der Waals surface area contributed by atoms with Crippen LogP contribution in [0, 0.1) is 0 Å². The predicted octanol–water partition coefficient (Wildman–Crippen LogP) is 0.986. The van der Waals surface area contributed by atoms with E-state index in [1.807, 2.05) is 6.07 Å². The van der Waals surface area contributed by atoms with Crippen molar-refractivity contribution < 1.29 is 0 Å². The second kappa shape index (κ2) is 3.70. The van der Waals surface area contributed by atoms with Crippen LogP contribution < -0.4 is 10.6 Å². The van der Waals surface area contributed by atoms with Crippen molar-refractivity contribution >= 4 is 5.82 Å². The highest BCUT2D eigenvalue weighted by atomic mass is 15.2. The Morgan fingerprint density at radius 1 is 1.54 bits per heavy atom. The van der Waals surface area contributed by atoms with Crippen LogP contribution in [0.5, 0.6) is 0 Å². The van der Waals surface area contributed by atoms with Crippen LogP contribution in [-0.4, -0.2) is 22.2 Å². The van der Waals surface area contributed by atoms with Gasteiger partial charge in [-0.1, -0.05) is 0 Å². The van der Waals surface area contributed by atoms with E-state index in [-0.39, 0.29) is 0 Å². The second-order valence-electron chi connectivity index (χ2n) is 3.44. The molecule has 0 bridgehead atoms. The zero-order valence-corrected chi connectivity index (χ0v) is 7.70. The normalized spacial score (nSPS) is 27.5. The molecule has 1 aliphatic heterocycles. The number of anilines is 1. The molecular formula is C9H14N4. The fourth-order valence-electron chi connectivity index (χ4n) is 1.60. The van der Waals surface area contributed by atoms with Gasteiger partial charge in [-0.3, -0.25) is 5.32 Å². The molecule has 0 aromatic carbocycles. The first-order chi connectivity index (χ1) is 6.34. The zero-order chi connectivity index (χ0) is 9.10. The summed E-state index contributed by atoms with van der Waals surface area (Å²) in [6, 6.07) is 2.49. The molecule has 1 saturated heterocycles. The molecule has 2 atom stereocenters. The Hall–Kier alpha value is -1.16. The Morgan fingerprint density at radius 3 is 3.08 bits per heavy atom. The first kappa shape index (κ1) is 8.44. The maximum Gasteiger partial charge on any atom is 0.130 e. The molecule has 1 aliphatic rings. The third-order valence-corrected chi connectivity index (χ3v) is 2.28. The van der Waals surface area contributed by atoms with Gasteiger partial charge in [0.25, 0.3) is 0 Å². The van der Waals surface area contributed by atoms with Crippen LogP contribution in [0.4, 0.5) is 5.82 Å². The van der Waals surface area contributed by atoms with Gasteiger partial charge in [0.15, 0.2) is 0 Å². The highest BCUT2D eigenvalue weighted by Crippen LogP contribution is 2.13. The summed E-state index contributed by atoms with van der Waals surface area (Å²) in [5.74, 6) is 0.890. The summed E-state index contributed by atoms with van der Waals surface area (Å²) in [6.45, 7) is 2.20. The van der Waals surface area contributed by atoms with E-state index in [1.165, 1.54) is 6.42 Å². The number of hydrogen-bond donors (Lipinski definition) is 2. The molecule has 0 radical (unpaired) electrons. The number of nitrogens with one attached hydrogen (secondary N) is 2. The molecule has 0 spiro atoms. The van der Waals surface area contributed by atoms with Crippen molar-refractivity contribution in [1.29, 1.82) is 0 Å². The van der Waals surface area contributed by atoms with Crippen molar-refractivity contribution in [2.45, 2.75) is 32.0 Å². The van der Waals surface area contributed by atoms with Gasteiger partial charge < -0.3 is 5.32 Å². The molecule has 2 N–H and O–H groups in total. The summed E-state index contributed by atoms with van der Waals surface area (Å²) < 4.78 is 0. The average molecular weight is 178 g/mol. The minimum Gasteiger partial charge on any atom is -0.355 e. The maximum absolute atomic E-state index is 4.11. The fourth-order valence-corrected chi connectivity index (χ4v) is 1.60. The van der Waals surface area contributed by atoms with E-state index in [1.54, 1.807) is 12.5 Å². The lowest BCUT2D eigenvalue weighted by Crippen LogP contribution is -2.33. The van der Waals surface area contributed by atoms with Crippen molar-refractivity contribution in [2.75, 3.05) is 5.32 Å². The van der Waals surface area contributed by atoms with Crippen LogP contribution in [0.3, 0.4) is 0 Å². The van der Waals surface area contributed by atoms with Gasteiger partial charge in [0, 0.05) is 12.2 Å². The van der Waals surface area contributed by atoms with E-state index in [9.17, 15) is 0 Å². The molecule has 0 amide bonds. The van der Waals surface area contributed by atoms with Crippen LogP contribution in [0.2, 0.25) is 0 Å². The summed E-state index contributed by atoms with van der Waals surface area (Å²) >= 11 is 0. The van der Waals surface area contributed by atoms with Gasteiger partial charge in [0.2, 0.25) is 0 Å². The summed E-state index contributed by atoms with van der Waals surface area (Å²) in [6.07, 6.45) is 6.05. The molecule has 1 aromatic rings. The van der Waals surface area contributed by atoms with E-state index in [2.05, 4.69) is 27.5 Å². The second-order valence-corrected chi connectivity index (χ2v) is 3.44. The molecule has 4 nitrogen and oxygen atoms in total. The van der Waals surface area contributed by atoms with Crippen molar-refractivity contribution in [3.05, 3.63) is 18.6 Å². The van der Waals surface area contributed by atoms with Crippen molar-refractivity contribution in [1.82, 2.24) is 15.3 Å². The molecule has 2 rings (SSSR count). The summed E-state index contributed by atoms with van der Waals surface area (Å²) in [7, 11) is 0. The maximum atomic E-state index is 4.11. The van der Waals surface area contributed by atoms with Gasteiger partial charge in [-0.05, 0) is 25.8 Å². The van der Waals surface area contributed by atoms with Crippen LogP contribution in [0.1, 0.15) is 19.8 Å². The van der Waals surface area contributed by atoms with Crippen molar-refractivity contribution in [3.63, 3.8) is 0 Å². The van der Waals surface area contributed by atoms with Gasteiger partial charge in [-0.2, -0.15) is 0 Å². The molecule has 2 heterocycles. The van der Waals surface area contributed by atoms with Crippen LogP contribution in [-0.2, 0) is 0 Å². The predicted molar refractivity (Wildman–Crippen MR) is 51.3 cm³/mol. The van der Waals surface area contributed by atoms with Gasteiger partial charge >= 0.3 is 0 Å². The van der Waals surface area contributed by atoms with Crippen LogP contribution in [0.15, 0.2) is 18.6 Å². The lowest BCUT2D eigenvalue weighted by atomic mass is 10.2. The Balaban J connectivity index is 1.92. The van der Waals surface area contributed by atoms with Gasteiger partial charge in [0.1, 0.15) is 12.1 Å². The topological polar surface area (TPSA) is 49.8 Å². The molecule has 4 heteroatoms. The van der Waals surface area contributed by atoms with E-state index in [0.717, 1.165) is 12.2 Å². The first-order valence-electron chi connectivity index (χ1n) is 4.63. The molecule has 2 unspecified atom stereocenters. The Morgan fingerprint density at radius 2 is 2.46 bits per heavy atom. The van der Waals surface area contributed by atoms with Crippen molar-refractivity contribution in [2.24, 2.45) is 0 Å². The number of aromatic nitrogens is 2. The third kappa shape index (κ3) is 2.15. The van der Waals surface area contributed by atoms with E-state index in [0.29, 0.717) is 12.2 Å². The quantitative estimate of drug-likeness (QED) is 0.709. The molecule has 70 valence electrons. The SMILES string of the molecule is CC1CCC(Nc2ccncn2)N1. The summed E-state index contributed by atoms with van der Waals surface area (Å²) in [5.41, 5.74) is 0. The molecule has 1 fully saturated rings. The average Bonchev–Trinajstić information content (AvgIpc) is 2.53. The highest BCUT2D eigenvalue weighted by molar-refractivity contribution is 5.32. The van der Waals surface area contributed by atoms with E-state index >= 15 is 0 Å². The van der Waals surface area contributed by atoms with E-state index in [4.69, 9.17) is 0 Å².